The van der Waals surface area contributed by atoms with E-state index in [1.165, 1.54) is 4.31 Å². The minimum atomic E-state index is -3.53. The summed E-state index contributed by atoms with van der Waals surface area (Å²) in [5.74, 6) is 0. The molecule has 1 saturated heterocycles. The molecule has 0 amide bonds. The topological polar surface area (TPSA) is 58.4 Å². The van der Waals surface area contributed by atoms with Gasteiger partial charge in [-0.1, -0.05) is 23.7 Å². The van der Waals surface area contributed by atoms with Crippen LogP contribution in [0, 0.1) is 0 Å². The first-order chi connectivity index (χ1) is 11.0. The molecular weight excluding hydrogens is 336 g/mol. The van der Waals surface area contributed by atoms with Gasteiger partial charge >= 0.3 is 0 Å². The Labute approximate surface area is 141 Å². The summed E-state index contributed by atoms with van der Waals surface area (Å²) in [6.45, 7) is 3.02. The van der Waals surface area contributed by atoms with E-state index in [2.05, 4.69) is 10.00 Å². The maximum absolute atomic E-state index is 12.7. The summed E-state index contributed by atoms with van der Waals surface area (Å²) in [4.78, 5) is 2.39. The Balaban J connectivity index is 1.65. The molecule has 1 fully saturated rings. The van der Waals surface area contributed by atoms with Crippen molar-refractivity contribution in [3.05, 3.63) is 47.2 Å². The molecule has 8 heteroatoms. The zero-order chi connectivity index (χ0) is 16.4. The first-order valence-electron chi connectivity index (χ1n) is 7.42. The van der Waals surface area contributed by atoms with Crippen molar-refractivity contribution in [2.24, 2.45) is 7.05 Å². The highest BCUT2D eigenvalue weighted by Gasteiger charge is 2.29. The summed E-state index contributed by atoms with van der Waals surface area (Å²) in [7, 11) is -1.64. The van der Waals surface area contributed by atoms with Crippen LogP contribution in [-0.2, 0) is 23.6 Å². The Morgan fingerprint density at radius 2 is 1.83 bits per heavy atom. The normalized spacial score (nSPS) is 17.5. The average molecular weight is 355 g/mol. The Kier molecular flexibility index (Phi) is 4.72. The third kappa shape index (κ3) is 3.58. The summed E-state index contributed by atoms with van der Waals surface area (Å²) in [5.41, 5.74) is 0.995. The summed E-state index contributed by atoms with van der Waals surface area (Å²) in [6, 6.07) is 8.55. The number of nitrogens with zero attached hydrogens (tertiary/aromatic N) is 4. The maximum atomic E-state index is 12.7. The SMILES string of the molecule is Cn1ccc(CN2CCN(S(=O)(=O)c3ccccc3Cl)CC2)n1. The van der Waals surface area contributed by atoms with Gasteiger partial charge in [0.2, 0.25) is 10.0 Å². The zero-order valence-corrected chi connectivity index (χ0v) is 14.5. The van der Waals surface area contributed by atoms with E-state index in [1.807, 2.05) is 19.3 Å². The second-order valence-corrected chi connectivity index (χ2v) is 7.90. The predicted molar refractivity (Wildman–Crippen MR) is 88.7 cm³/mol. The lowest BCUT2D eigenvalue weighted by atomic mass is 10.3. The molecule has 1 aliphatic heterocycles. The van der Waals surface area contributed by atoms with E-state index in [0.717, 1.165) is 12.2 Å². The molecule has 0 radical (unpaired) electrons. The minimum absolute atomic E-state index is 0.180. The van der Waals surface area contributed by atoms with Crippen molar-refractivity contribution in [2.75, 3.05) is 26.2 Å². The van der Waals surface area contributed by atoms with Gasteiger partial charge in [-0.25, -0.2) is 8.42 Å². The highest BCUT2D eigenvalue weighted by Crippen LogP contribution is 2.25. The van der Waals surface area contributed by atoms with Crippen molar-refractivity contribution in [2.45, 2.75) is 11.4 Å². The quantitative estimate of drug-likeness (QED) is 0.836. The highest BCUT2D eigenvalue weighted by atomic mass is 35.5. The van der Waals surface area contributed by atoms with Crippen LogP contribution in [0.4, 0.5) is 0 Å². The van der Waals surface area contributed by atoms with E-state index in [9.17, 15) is 8.42 Å². The molecule has 0 unspecified atom stereocenters. The molecule has 3 rings (SSSR count). The van der Waals surface area contributed by atoms with Gasteiger partial charge in [0.1, 0.15) is 4.90 Å². The summed E-state index contributed by atoms with van der Waals surface area (Å²) in [6.07, 6.45) is 1.91. The van der Waals surface area contributed by atoms with Crippen LogP contribution in [0.2, 0.25) is 5.02 Å². The molecule has 124 valence electrons. The van der Waals surface area contributed by atoms with Gasteiger partial charge in [-0.2, -0.15) is 9.40 Å². The van der Waals surface area contributed by atoms with E-state index in [1.54, 1.807) is 28.9 Å². The molecule has 0 bridgehead atoms. The maximum Gasteiger partial charge on any atom is 0.244 e. The Morgan fingerprint density at radius 1 is 1.13 bits per heavy atom. The van der Waals surface area contributed by atoms with Gasteiger partial charge in [0, 0.05) is 46.0 Å². The monoisotopic (exact) mass is 354 g/mol. The molecular formula is C15H19ClN4O2S. The van der Waals surface area contributed by atoms with Crippen molar-refractivity contribution < 1.29 is 8.42 Å². The number of piperazine rings is 1. The van der Waals surface area contributed by atoms with Crippen molar-refractivity contribution >= 4 is 21.6 Å². The third-order valence-electron chi connectivity index (χ3n) is 3.94. The lowest BCUT2D eigenvalue weighted by Gasteiger charge is -2.33. The molecule has 1 aromatic carbocycles. The van der Waals surface area contributed by atoms with Crippen molar-refractivity contribution in [1.29, 1.82) is 0 Å². The van der Waals surface area contributed by atoms with Gasteiger partial charge in [-0.15, -0.1) is 0 Å². The average Bonchev–Trinajstić information content (AvgIpc) is 2.93. The Bertz CT molecular complexity index is 782. The van der Waals surface area contributed by atoms with Gasteiger partial charge in [0.25, 0.3) is 0 Å². The molecule has 1 aliphatic rings. The number of aryl methyl sites for hydroxylation is 1. The van der Waals surface area contributed by atoms with Gasteiger partial charge in [0.05, 0.1) is 10.7 Å². The molecule has 0 saturated carbocycles. The number of hydrogen-bond acceptors (Lipinski definition) is 4. The van der Waals surface area contributed by atoms with Crippen LogP contribution in [-0.4, -0.2) is 53.6 Å². The van der Waals surface area contributed by atoms with Crippen LogP contribution >= 0.6 is 11.6 Å². The van der Waals surface area contributed by atoms with Crippen LogP contribution in [0.15, 0.2) is 41.4 Å². The Hall–Kier alpha value is -1.41. The van der Waals surface area contributed by atoms with Crippen molar-refractivity contribution in [3.63, 3.8) is 0 Å². The highest BCUT2D eigenvalue weighted by molar-refractivity contribution is 7.89. The fraction of sp³-hybridized carbons (Fsp3) is 0.400. The molecule has 2 aromatic rings. The van der Waals surface area contributed by atoms with Crippen LogP contribution in [0.1, 0.15) is 5.69 Å². The fourth-order valence-corrected chi connectivity index (χ4v) is 4.61. The van der Waals surface area contributed by atoms with Gasteiger partial charge < -0.3 is 0 Å². The molecule has 0 atom stereocenters. The van der Waals surface area contributed by atoms with E-state index in [0.29, 0.717) is 26.2 Å². The minimum Gasteiger partial charge on any atom is -0.295 e. The number of hydrogen-bond donors (Lipinski definition) is 0. The zero-order valence-electron chi connectivity index (χ0n) is 12.9. The van der Waals surface area contributed by atoms with Gasteiger partial charge in [0.15, 0.2) is 0 Å². The van der Waals surface area contributed by atoms with Crippen LogP contribution in [0.3, 0.4) is 0 Å². The summed E-state index contributed by atoms with van der Waals surface area (Å²) < 4.78 is 28.6. The molecule has 23 heavy (non-hydrogen) atoms. The fourth-order valence-electron chi connectivity index (χ4n) is 2.70. The third-order valence-corrected chi connectivity index (χ3v) is 6.34. The van der Waals surface area contributed by atoms with Crippen LogP contribution in [0.25, 0.3) is 0 Å². The van der Waals surface area contributed by atoms with Crippen molar-refractivity contribution in [1.82, 2.24) is 19.0 Å². The number of rotatable bonds is 4. The van der Waals surface area contributed by atoms with Crippen LogP contribution in [0.5, 0.6) is 0 Å². The van der Waals surface area contributed by atoms with Gasteiger partial charge in [-0.05, 0) is 18.2 Å². The molecule has 6 nitrogen and oxygen atoms in total. The van der Waals surface area contributed by atoms with Crippen LogP contribution < -0.4 is 0 Å². The molecule has 2 heterocycles. The number of aromatic nitrogens is 2. The van der Waals surface area contributed by atoms with Gasteiger partial charge in [-0.3, -0.25) is 9.58 Å². The lowest BCUT2D eigenvalue weighted by Crippen LogP contribution is -2.48. The molecule has 1 aromatic heterocycles. The van der Waals surface area contributed by atoms with E-state index in [4.69, 9.17) is 11.6 Å². The number of halogens is 1. The standard InChI is InChI=1S/C15H19ClN4O2S/c1-18-7-6-13(17-18)12-19-8-10-20(11-9-19)23(21,22)15-5-3-2-4-14(15)16/h2-7H,8-12H2,1H3. The van der Waals surface area contributed by atoms with E-state index >= 15 is 0 Å². The summed E-state index contributed by atoms with van der Waals surface area (Å²) in [5, 5.41) is 4.62. The predicted octanol–water partition coefficient (Wildman–Crippen LogP) is 1.58. The number of sulfonamides is 1. The molecule has 0 aliphatic carbocycles. The largest absolute Gasteiger partial charge is 0.295 e. The van der Waals surface area contributed by atoms with E-state index in [-0.39, 0.29) is 9.92 Å². The van der Waals surface area contributed by atoms with E-state index < -0.39 is 10.0 Å². The first-order valence-corrected chi connectivity index (χ1v) is 9.24. The smallest absolute Gasteiger partial charge is 0.244 e. The molecule has 0 N–H and O–H groups in total. The second-order valence-electron chi connectivity index (χ2n) is 5.59. The summed E-state index contributed by atoms with van der Waals surface area (Å²) >= 11 is 6.04. The first kappa shape index (κ1) is 16.4. The second kappa shape index (κ2) is 6.60. The lowest BCUT2D eigenvalue weighted by molar-refractivity contribution is 0.179. The molecule has 0 spiro atoms. The number of benzene rings is 1. The Morgan fingerprint density at radius 3 is 2.43 bits per heavy atom. The van der Waals surface area contributed by atoms with Crippen molar-refractivity contribution in [3.8, 4) is 0 Å².